The Kier molecular flexibility index (Phi) is 7.00. The van der Waals surface area contributed by atoms with E-state index in [9.17, 15) is 4.79 Å². The number of hydrogen-bond acceptors (Lipinski definition) is 2. The summed E-state index contributed by atoms with van der Waals surface area (Å²) in [5.41, 5.74) is 1.07. The molecule has 0 aromatic heterocycles. The van der Waals surface area contributed by atoms with Crippen molar-refractivity contribution >= 4 is 33.4 Å². The Hall–Kier alpha value is -0.580. The van der Waals surface area contributed by atoms with Crippen molar-refractivity contribution in [2.24, 2.45) is 5.92 Å². The summed E-state index contributed by atoms with van der Waals surface area (Å²) in [5, 5.41) is 4.01. The maximum Gasteiger partial charge on any atom is 0.239 e. The molecule has 0 bridgehead atoms. The average Bonchev–Trinajstić information content (AvgIpc) is 2.37. The molecule has 0 saturated heterocycles. The predicted octanol–water partition coefficient (Wildman–Crippen LogP) is 3.70. The third-order valence-corrected chi connectivity index (χ3v) is 4.22. The van der Waals surface area contributed by atoms with Crippen LogP contribution in [0.2, 0.25) is 5.02 Å². The molecule has 1 aromatic carbocycles. The van der Waals surface area contributed by atoms with Crippen molar-refractivity contribution in [3.63, 3.8) is 0 Å². The monoisotopic (exact) mass is 360 g/mol. The second-order valence-corrected chi connectivity index (χ2v) is 6.81. The van der Waals surface area contributed by atoms with Crippen LogP contribution in [0.5, 0.6) is 0 Å². The SMILES string of the molecule is CC(C)CC(NCc1ccc(Br)c(Cl)c1)C(=O)N(C)C. The van der Waals surface area contributed by atoms with Gasteiger partial charge in [0.15, 0.2) is 0 Å². The Balaban J connectivity index is 2.70. The lowest BCUT2D eigenvalue weighted by Crippen LogP contribution is -2.44. The highest BCUT2D eigenvalue weighted by Crippen LogP contribution is 2.23. The van der Waals surface area contributed by atoms with Gasteiger partial charge in [0, 0.05) is 25.1 Å². The lowest BCUT2D eigenvalue weighted by molar-refractivity contribution is -0.131. The molecule has 0 aliphatic rings. The summed E-state index contributed by atoms with van der Waals surface area (Å²) < 4.78 is 0.881. The van der Waals surface area contributed by atoms with Crippen molar-refractivity contribution in [2.45, 2.75) is 32.9 Å². The van der Waals surface area contributed by atoms with Gasteiger partial charge in [-0.15, -0.1) is 0 Å². The first-order chi connectivity index (χ1) is 9.31. The fraction of sp³-hybridized carbons (Fsp3) is 0.533. The molecule has 0 saturated carbocycles. The first-order valence-corrected chi connectivity index (χ1v) is 7.86. The van der Waals surface area contributed by atoms with Crippen LogP contribution >= 0.6 is 27.5 Å². The largest absolute Gasteiger partial charge is 0.347 e. The third kappa shape index (κ3) is 5.43. The van der Waals surface area contributed by atoms with Crippen molar-refractivity contribution in [2.75, 3.05) is 14.1 Å². The summed E-state index contributed by atoms with van der Waals surface area (Å²) in [6.07, 6.45) is 0.821. The number of carbonyl (C=O) groups is 1. The Bertz CT molecular complexity index is 463. The minimum atomic E-state index is -0.160. The molecule has 0 aliphatic heterocycles. The van der Waals surface area contributed by atoms with E-state index in [1.807, 2.05) is 18.2 Å². The summed E-state index contributed by atoms with van der Waals surface area (Å²) in [7, 11) is 3.57. The van der Waals surface area contributed by atoms with E-state index in [0.29, 0.717) is 17.5 Å². The minimum Gasteiger partial charge on any atom is -0.347 e. The highest BCUT2D eigenvalue weighted by Gasteiger charge is 2.20. The van der Waals surface area contributed by atoms with Crippen LogP contribution in [0.25, 0.3) is 0 Å². The molecule has 1 amide bonds. The number of benzene rings is 1. The average molecular weight is 362 g/mol. The lowest BCUT2D eigenvalue weighted by atomic mass is 10.0. The van der Waals surface area contributed by atoms with Crippen LogP contribution in [0.3, 0.4) is 0 Å². The number of likely N-dealkylation sites (N-methyl/N-ethyl adjacent to an activating group) is 1. The molecule has 112 valence electrons. The van der Waals surface area contributed by atoms with Gasteiger partial charge in [0.2, 0.25) is 5.91 Å². The maximum atomic E-state index is 12.2. The number of nitrogens with zero attached hydrogens (tertiary/aromatic N) is 1. The molecule has 1 unspecified atom stereocenters. The van der Waals surface area contributed by atoms with E-state index < -0.39 is 0 Å². The molecule has 1 N–H and O–H groups in total. The molecule has 0 radical (unpaired) electrons. The second kappa shape index (κ2) is 8.01. The molecule has 5 heteroatoms. The smallest absolute Gasteiger partial charge is 0.239 e. The highest BCUT2D eigenvalue weighted by atomic mass is 79.9. The summed E-state index contributed by atoms with van der Waals surface area (Å²) >= 11 is 9.45. The quantitative estimate of drug-likeness (QED) is 0.838. The number of hydrogen-bond donors (Lipinski definition) is 1. The van der Waals surface area contributed by atoms with Crippen LogP contribution in [0, 0.1) is 5.92 Å². The van der Waals surface area contributed by atoms with Crippen LogP contribution in [0.15, 0.2) is 22.7 Å². The Labute approximate surface area is 134 Å². The van der Waals surface area contributed by atoms with Gasteiger partial charge in [0.25, 0.3) is 0 Å². The Morgan fingerprint density at radius 1 is 1.40 bits per heavy atom. The second-order valence-electron chi connectivity index (χ2n) is 5.54. The lowest BCUT2D eigenvalue weighted by Gasteiger charge is -2.23. The molecule has 20 heavy (non-hydrogen) atoms. The van der Waals surface area contributed by atoms with Crippen molar-refractivity contribution in [3.05, 3.63) is 33.3 Å². The minimum absolute atomic E-state index is 0.113. The molecule has 3 nitrogen and oxygen atoms in total. The van der Waals surface area contributed by atoms with Gasteiger partial charge in [-0.2, -0.15) is 0 Å². The number of carbonyl (C=O) groups excluding carboxylic acids is 1. The topological polar surface area (TPSA) is 32.3 Å². The zero-order valence-corrected chi connectivity index (χ0v) is 14.8. The Morgan fingerprint density at radius 2 is 2.05 bits per heavy atom. The van der Waals surface area contributed by atoms with Crippen LogP contribution in [-0.4, -0.2) is 30.9 Å². The Morgan fingerprint density at radius 3 is 2.55 bits per heavy atom. The number of amides is 1. The number of rotatable bonds is 6. The highest BCUT2D eigenvalue weighted by molar-refractivity contribution is 9.10. The van der Waals surface area contributed by atoms with Crippen molar-refractivity contribution in [1.82, 2.24) is 10.2 Å². The van der Waals surface area contributed by atoms with Gasteiger partial charge in [-0.1, -0.05) is 31.5 Å². The van der Waals surface area contributed by atoms with Crippen LogP contribution in [0.4, 0.5) is 0 Å². The number of nitrogens with one attached hydrogen (secondary N) is 1. The fourth-order valence-corrected chi connectivity index (χ4v) is 2.39. The molecule has 1 rings (SSSR count). The zero-order chi connectivity index (χ0) is 15.3. The molecule has 0 heterocycles. The van der Waals surface area contributed by atoms with Crippen LogP contribution < -0.4 is 5.32 Å². The first-order valence-electron chi connectivity index (χ1n) is 6.69. The number of halogens is 2. The van der Waals surface area contributed by atoms with E-state index in [-0.39, 0.29) is 11.9 Å². The van der Waals surface area contributed by atoms with Gasteiger partial charge in [0.05, 0.1) is 11.1 Å². The summed E-state index contributed by atoms with van der Waals surface area (Å²) in [5.74, 6) is 0.576. The van der Waals surface area contributed by atoms with Crippen LogP contribution in [0.1, 0.15) is 25.8 Å². The van der Waals surface area contributed by atoms with Gasteiger partial charge in [0.1, 0.15) is 0 Å². The molecule has 1 atom stereocenters. The van der Waals surface area contributed by atoms with E-state index in [4.69, 9.17) is 11.6 Å². The molecule has 0 aliphatic carbocycles. The van der Waals surface area contributed by atoms with E-state index in [1.165, 1.54) is 0 Å². The summed E-state index contributed by atoms with van der Waals surface area (Å²) in [4.78, 5) is 13.8. The third-order valence-electron chi connectivity index (χ3n) is 2.98. The van der Waals surface area contributed by atoms with E-state index in [2.05, 4.69) is 35.1 Å². The van der Waals surface area contributed by atoms with Gasteiger partial charge in [-0.25, -0.2) is 0 Å². The van der Waals surface area contributed by atoms with Crippen molar-refractivity contribution in [1.29, 1.82) is 0 Å². The molecule has 0 spiro atoms. The molecular weight excluding hydrogens is 340 g/mol. The standard InChI is InChI=1S/C15H22BrClN2O/c1-10(2)7-14(15(20)19(3)4)18-9-11-5-6-12(16)13(17)8-11/h5-6,8,10,14,18H,7,9H2,1-4H3. The normalized spacial score (nSPS) is 12.6. The van der Waals surface area contributed by atoms with Gasteiger partial charge in [-0.05, 0) is 46.0 Å². The molecule has 1 aromatic rings. The van der Waals surface area contributed by atoms with Gasteiger partial charge < -0.3 is 10.2 Å². The van der Waals surface area contributed by atoms with Crippen molar-refractivity contribution < 1.29 is 4.79 Å². The van der Waals surface area contributed by atoms with E-state index >= 15 is 0 Å². The fourth-order valence-electron chi connectivity index (χ4n) is 1.95. The predicted molar refractivity (Wildman–Crippen MR) is 87.9 cm³/mol. The van der Waals surface area contributed by atoms with Crippen LogP contribution in [-0.2, 0) is 11.3 Å². The summed E-state index contributed by atoms with van der Waals surface area (Å²) in [6, 6.07) is 5.66. The first kappa shape index (κ1) is 17.5. The van der Waals surface area contributed by atoms with E-state index in [1.54, 1.807) is 19.0 Å². The van der Waals surface area contributed by atoms with Gasteiger partial charge >= 0.3 is 0 Å². The maximum absolute atomic E-state index is 12.2. The molecule has 0 fully saturated rings. The molecular formula is C15H22BrClN2O. The summed E-state index contributed by atoms with van der Waals surface area (Å²) in [6.45, 7) is 4.87. The van der Waals surface area contributed by atoms with Gasteiger partial charge in [-0.3, -0.25) is 4.79 Å². The van der Waals surface area contributed by atoms with Crippen molar-refractivity contribution in [3.8, 4) is 0 Å². The zero-order valence-electron chi connectivity index (χ0n) is 12.4. The van der Waals surface area contributed by atoms with E-state index in [0.717, 1.165) is 16.5 Å².